The molecule has 5 nitrogen and oxygen atoms in total. The first-order chi connectivity index (χ1) is 12.5. The molecule has 1 heterocycles. The molecular weight excluding hydrogens is 371 g/mol. The number of methoxy groups -OCH3 is 1. The molecule has 0 saturated carbocycles. The van der Waals surface area contributed by atoms with E-state index in [1.165, 1.54) is 0 Å². The Balaban J connectivity index is 1.80. The smallest absolute Gasteiger partial charge is 0.142 e. The first-order valence-electron chi connectivity index (χ1n) is 7.98. The van der Waals surface area contributed by atoms with Crippen LogP contribution >= 0.6 is 23.2 Å². The molecule has 134 valence electrons. The molecular formula is C19H18Cl2N4O. The number of ether oxygens (including phenoxy) is 1. The van der Waals surface area contributed by atoms with Crippen LogP contribution in [0.5, 0.6) is 5.75 Å². The highest BCUT2D eigenvalue weighted by atomic mass is 35.5. The minimum absolute atomic E-state index is 0.566. The van der Waals surface area contributed by atoms with E-state index in [2.05, 4.69) is 20.6 Å². The number of aromatic nitrogens is 2. The van der Waals surface area contributed by atoms with Crippen LogP contribution in [-0.2, 0) is 6.54 Å². The molecule has 0 fully saturated rings. The van der Waals surface area contributed by atoms with Crippen molar-refractivity contribution in [2.75, 3.05) is 17.7 Å². The number of hydrogen-bond donors (Lipinski definition) is 2. The predicted molar refractivity (Wildman–Crippen MR) is 107 cm³/mol. The molecule has 1 aromatic heterocycles. The van der Waals surface area contributed by atoms with Crippen molar-refractivity contribution in [3.8, 4) is 5.75 Å². The van der Waals surface area contributed by atoms with E-state index < -0.39 is 0 Å². The zero-order chi connectivity index (χ0) is 18.5. The van der Waals surface area contributed by atoms with Gasteiger partial charge in [-0.3, -0.25) is 0 Å². The second kappa shape index (κ2) is 8.25. The Bertz CT molecular complexity index is 918. The molecule has 0 spiro atoms. The molecule has 0 aliphatic carbocycles. The van der Waals surface area contributed by atoms with Gasteiger partial charge in [-0.1, -0.05) is 41.4 Å². The summed E-state index contributed by atoms with van der Waals surface area (Å²) >= 11 is 12.3. The molecule has 0 radical (unpaired) electrons. The number of anilines is 3. The Morgan fingerprint density at radius 2 is 1.77 bits per heavy atom. The molecule has 3 aromatic rings. The first kappa shape index (κ1) is 18.3. The van der Waals surface area contributed by atoms with Crippen LogP contribution in [0.1, 0.15) is 11.4 Å². The highest BCUT2D eigenvalue weighted by molar-refractivity contribution is 6.31. The van der Waals surface area contributed by atoms with Gasteiger partial charge in [-0.25, -0.2) is 9.97 Å². The average molecular weight is 389 g/mol. The fourth-order valence-corrected chi connectivity index (χ4v) is 2.84. The number of hydrogen-bond acceptors (Lipinski definition) is 5. The topological polar surface area (TPSA) is 59.1 Å². The Morgan fingerprint density at radius 1 is 1.00 bits per heavy atom. The summed E-state index contributed by atoms with van der Waals surface area (Å²) in [5.74, 6) is 2.65. The number of rotatable bonds is 6. The number of nitrogens with zero attached hydrogens (tertiary/aromatic N) is 2. The van der Waals surface area contributed by atoms with Crippen molar-refractivity contribution >= 4 is 40.5 Å². The highest BCUT2D eigenvalue weighted by Gasteiger charge is 2.08. The summed E-state index contributed by atoms with van der Waals surface area (Å²) in [6.07, 6.45) is 0. The van der Waals surface area contributed by atoms with Gasteiger partial charge in [0.2, 0.25) is 0 Å². The van der Waals surface area contributed by atoms with Gasteiger partial charge in [-0.2, -0.15) is 0 Å². The Morgan fingerprint density at radius 3 is 2.54 bits per heavy atom. The second-order valence-electron chi connectivity index (χ2n) is 5.60. The van der Waals surface area contributed by atoms with Crippen molar-refractivity contribution in [1.82, 2.24) is 9.97 Å². The second-order valence-corrected chi connectivity index (χ2v) is 6.44. The monoisotopic (exact) mass is 388 g/mol. The summed E-state index contributed by atoms with van der Waals surface area (Å²) in [7, 11) is 1.61. The van der Waals surface area contributed by atoms with Crippen LogP contribution in [0.4, 0.5) is 17.3 Å². The molecule has 7 heteroatoms. The molecule has 0 aliphatic rings. The van der Waals surface area contributed by atoms with Gasteiger partial charge in [0.05, 0.1) is 12.8 Å². The lowest BCUT2D eigenvalue weighted by molar-refractivity contribution is 0.417. The van der Waals surface area contributed by atoms with Crippen LogP contribution in [0.25, 0.3) is 0 Å². The van der Waals surface area contributed by atoms with Crippen LogP contribution in [-0.4, -0.2) is 17.1 Å². The molecule has 0 bridgehead atoms. The van der Waals surface area contributed by atoms with Gasteiger partial charge in [0.1, 0.15) is 23.2 Å². The van der Waals surface area contributed by atoms with Crippen LogP contribution in [0.15, 0.2) is 48.5 Å². The fraction of sp³-hybridized carbons (Fsp3) is 0.158. The number of halogens is 2. The zero-order valence-electron chi connectivity index (χ0n) is 14.4. The Hall–Kier alpha value is -2.50. The third-order valence-electron chi connectivity index (χ3n) is 3.68. The molecule has 2 N–H and O–H groups in total. The molecule has 0 atom stereocenters. The van der Waals surface area contributed by atoms with E-state index >= 15 is 0 Å². The van der Waals surface area contributed by atoms with Crippen molar-refractivity contribution < 1.29 is 4.74 Å². The summed E-state index contributed by atoms with van der Waals surface area (Å²) in [4.78, 5) is 8.84. The molecule has 3 rings (SSSR count). The van der Waals surface area contributed by atoms with Gasteiger partial charge < -0.3 is 15.4 Å². The van der Waals surface area contributed by atoms with Crippen molar-refractivity contribution in [2.45, 2.75) is 13.5 Å². The van der Waals surface area contributed by atoms with Crippen molar-refractivity contribution in [1.29, 1.82) is 0 Å². The highest BCUT2D eigenvalue weighted by Crippen LogP contribution is 2.30. The molecule has 0 aliphatic heterocycles. The van der Waals surface area contributed by atoms with E-state index in [1.807, 2.05) is 37.3 Å². The lowest BCUT2D eigenvalue weighted by Crippen LogP contribution is -2.05. The van der Waals surface area contributed by atoms with Crippen LogP contribution in [0, 0.1) is 6.92 Å². The number of benzene rings is 2. The lowest BCUT2D eigenvalue weighted by atomic mass is 10.2. The quantitative estimate of drug-likeness (QED) is 0.587. The van der Waals surface area contributed by atoms with Crippen LogP contribution in [0.3, 0.4) is 0 Å². The van der Waals surface area contributed by atoms with E-state index in [4.69, 9.17) is 27.9 Å². The SMILES string of the molecule is COc1ccc(Cl)cc1Nc1cc(NCc2ccccc2Cl)nc(C)n1. The standard InChI is InChI=1S/C19H18Cl2N4O/c1-12-23-18(22-11-13-5-3-4-6-15(13)21)10-19(24-12)25-16-9-14(20)7-8-17(16)26-2/h3-10H,11H2,1-2H3,(H2,22,23,24,25). The largest absolute Gasteiger partial charge is 0.495 e. The van der Waals surface area contributed by atoms with Gasteiger partial charge in [-0.15, -0.1) is 0 Å². The minimum Gasteiger partial charge on any atom is -0.495 e. The Labute approximate surface area is 162 Å². The summed E-state index contributed by atoms with van der Waals surface area (Å²) < 4.78 is 5.36. The van der Waals surface area contributed by atoms with E-state index in [-0.39, 0.29) is 0 Å². The minimum atomic E-state index is 0.566. The average Bonchev–Trinajstić information content (AvgIpc) is 2.61. The summed E-state index contributed by atoms with van der Waals surface area (Å²) in [5.41, 5.74) is 1.73. The maximum Gasteiger partial charge on any atom is 0.142 e. The summed E-state index contributed by atoms with van der Waals surface area (Å²) in [6, 6.07) is 14.9. The predicted octanol–water partition coefficient (Wildman–Crippen LogP) is 5.46. The van der Waals surface area contributed by atoms with Gasteiger partial charge in [-0.05, 0) is 36.8 Å². The fourth-order valence-electron chi connectivity index (χ4n) is 2.47. The number of aryl methyl sites for hydroxylation is 1. The maximum atomic E-state index is 6.20. The van der Waals surface area contributed by atoms with Gasteiger partial charge in [0.15, 0.2) is 0 Å². The van der Waals surface area contributed by atoms with Crippen molar-refractivity contribution in [3.63, 3.8) is 0 Å². The summed E-state index contributed by atoms with van der Waals surface area (Å²) in [5, 5.41) is 7.83. The third kappa shape index (κ3) is 4.56. The van der Waals surface area contributed by atoms with Crippen LogP contribution < -0.4 is 15.4 Å². The summed E-state index contributed by atoms with van der Waals surface area (Å²) in [6.45, 7) is 2.40. The Kier molecular flexibility index (Phi) is 5.81. The number of nitrogens with one attached hydrogen (secondary N) is 2. The third-order valence-corrected chi connectivity index (χ3v) is 4.28. The van der Waals surface area contributed by atoms with Crippen molar-refractivity contribution in [2.24, 2.45) is 0 Å². The molecule has 0 amide bonds. The van der Waals surface area contributed by atoms with E-state index in [0.29, 0.717) is 39.8 Å². The van der Waals surface area contributed by atoms with Crippen LogP contribution in [0.2, 0.25) is 10.0 Å². The lowest BCUT2D eigenvalue weighted by Gasteiger charge is -2.13. The van der Waals surface area contributed by atoms with E-state index in [0.717, 1.165) is 11.3 Å². The normalized spacial score (nSPS) is 10.5. The maximum absolute atomic E-state index is 6.20. The molecule has 2 aromatic carbocycles. The molecule has 0 saturated heterocycles. The first-order valence-corrected chi connectivity index (χ1v) is 8.74. The van der Waals surface area contributed by atoms with Gasteiger partial charge in [0.25, 0.3) is 0 Å². The van der Waals surface area contributed by atoms with Crippen molar-refractivity contribution in [3.05, 3.63) is 70.0 Å². The van der Waals surface area contributed by atoms with Gasteiger partial charge in [0, 0.05) is 22.7 Å². The van der Waals surface area contributed by atoms with E-state index in [1.54, 1.807) is 25.3 Å². The molecule has 26 heavy (non-hydrogen) atoms. The zero-order valence-corrected chi connectivity index (χ0v) is 15.9. The van der Waals surface area contributed by atoms with Gasteiger partial charge >= 0.3 is 0 Å². The molecule has 0 unspecified atom stereocenters. The van der Waals surface area contributed by atoms with E-state index in [9.17, 15) is 0 Å².